The largest absolute Gasteiger partial charge is 0.385 e. The van der Waals surface area contributed by atoms with E-state index in [1.807, 2.05) is 7.05 Å². The molecule has 1 aliphatic rings. The Morgan fingerprint density at radius 1 is 1.30 bits per heavy atom. The van der Waals surface area contributed by atoms with Gasteiger partial charge in [0.25, 0.3) is 0 Å². The van der Waals surface area contributed by atoms with Crippen molar-refractivity contribution in [1.29, 1.82) is 0 Å². The molecule has 0 amide bonds. The summed E-state index contributed by atoms with van der Waals surface area (Å²) >= 11 is 0. The standard InChI is InChI=1S/C15H32N4O/c1-4-14-8-5-6-11-19(14)12-10-18-15(16-2)17-9-7-13-20-3/h14H,4-13H2,1-3H3,(H2,16,17,18). The summed E-state index contributed by atoms with van der Waals surface area (Å²) in [6, 6.07) is 0.780. The Labute approximate surface area is 124 Å². The van der Waals surface area contributed by atoms with Crippen LogP contribution < -0.4 is 10.6 Å². The summed E-state index contributed by atoms with van der Waals surface area (Å²) in [6.45, 7) is 7.30. The van der Waals surface area contributed by atoms with E-state index in [1.165, 1.54) is 32.2 Å². The number of rotatable bonds is 8. The van der Waals surface area contributed by atoms with Gasteiger partial charge in [0, 0.05) is 46.4 Å². The molecular weight excluding hydrogens is 252 g/mol. The number of hydrogen-bond donors (Lipinski definition) is 2. The molecule has 5 heteroatoms. The van der Waals surface area contributed by atoms with Gasteiger partial charge in [0.15, 0.2) is 5.96 Å². The number of ether oxygens (including phenoxy) is 1. The normalized spacial score (nSPS) is 20.9. The minimum Gasteiger partial charge on any atom is -0.385 e. The number of piperidine rings is 1. The van der Waals surface area contributed by atoms with Gasteiger partial charge in [-0.3, -0.25) is 9.89 Å². The third kappa shape index (κ3) is 6.57. The Kier molecular flexibility index (Phi) is 9.41. The molecule has 1 unspecified atom stereocenters. The van der Waals surface area contributed by atoms with Crippen molar-refractivity contribution in [3.63, 3.8) is 0 Å². The van der Waals surface area contributed by atoms with Crippen molar-refractivity contribution in [1.82, 2.24) is 15.5 Å². The zero-order chi connectivity index (χ0) is 14.6. The molecule has 1 fully saturated rings. The predicted octanol–water partition coefficient (Wildman–Crippen LogP) is 1.45. The van der Waals surface area contributed by atoms with Crippen molar-refractivity contribution in [3.8, 4) is 0 Å². The predicted molar refractivity (Wildman–Crippen MR) is 85.4 cm³/mol. The van der Waals surface area contributed by atoms with Crippen molar-refractivity contribution in [3.05, 3.63) is 0 Å². The van der Waals surface area contributed by atoms with E-state index in [9.17, 15) is 0 Å². The van der Waals surface area contributed by atoms with E-state index in [2.05, 4.69) is 27.4 Å². The quantitative estimate of drug-likeness (QED) is 0.402. The molecular formula is C15H32N4O. The van der Waals surface area contributed by atoms with Crippen LogP contribution in [0.3, 0.4) is 0 Å². The van der Waals surface area contributed by atoms with Crippen molar-refractivity contribution in [2.45, 2.75) is 45.1 Å². The molecule has 1 heterocycles. The number of hydrogen-bond acceptors (Lipinski definition) is 3. The lowest BCUT2D eigenvalue weighted by Crippen LogP contribution is -2.46. The Bertz CT molecular complexity index is 271. The highest BCUT2D eigenvalue weighted by Crippen LogP contribution is 2.18. The summed E-state index contributed by atoms with van der Waals surface area (Å²) in [5.41, 5.74) is 0. The van der Waals surface area contributed by atoms with Crippen LogP contribution in [0.4, 0.5) is 0 Å². The Hall–Kier alpha value is -0.810. The minimum absolute atomic E-state index is 0.780. The summed E-state index contributed by atoms with van der Waals surface area (Å²) in [6.07, 6.45) is 6.37. The van der Waals surface area contributed by atoms with E-state index < -0.39 is 0 Å². The average Bonchev–Trinajstić information content (AvgIpc) is 2.50. The van der Waals surface area contributed by atoms with Gasteiger partial charge in [-0.15, -0.1) is 0 Å². The number of likely N-dealkylation sites (tertiary alicyclic amines) is 1. The first kappa shape index (κ1) is 17.2. The van der Waals surface area contributed by atoms with E-state index in [-0.39, 0.29) is 0 Å². The van der Waals surface area contributed by atoms with Crippen molar-refractivity contribution < 1.29 is 4.74 Å². The molecule has 0 bridgehead atoms. The summed E-state index contributed by atoms with van der Waals surface area (Å²) in [5, 5.41) is 6.70. The molecule has 0 aromatic carbocycles. The van der Waals surface area contributed by atoms with Gasteiger partial charge in [-0.2, -0.15) is 0 Å². The molecule has 20 heavy (non-hydrogen) atoms. The Morgan fingerprint density at radius 3 is 2.80 bits per heavy atom. The fourth-order valence-corrected chi connectivity index (χ4v) is 2.78. The zero-order valence-electron chi connectivity index (χ0n) is 13.5. The van der Waals surface area contributed by atoms with Gasteiger partial charge in [0.1, 0.15) is 0 Å². The molecule has 0 saturated carbocycles. The van der Waals surface area contributed by atoms with Gasteiger partial charge in [-0.25, -0.2) is 0 Å². The average molecular weight is 284 g/mol. The maximum Gasteiger partial charge on any atom is 0.191 e. The lowest BCUT2D eigenvalue weighted by atomic mass is 10.0. The zero-order valence-corrected chi connectivity index (χ0v) is 13.5. The highest BCUT2D eigenvalue weighted by molar-refractivity contribution is 5.79. The van der Waals surface area contributed by atoms with Crippen molar-refractivity contribution in [2.75, 3.05) is 46.9 Å². The van der Waals surface area contributed by atoms with E-state index in [0.29, 0.717) is 0 Å². The second-order valence-corrected chi connectivity index (χ2v) is 5.37. The van der Waals surface area contributed by atoms with E-state index in [1.54, 1.807) is 7.11 Å². The topological polar surface area (TPSA) is 48.9 Å². The maximum absolute atomic E-state index is 5.03. The lowest BCUT2D eigenvalue weighted by Gasteiger charge is -2.35. The molecule has 0 radical (unpaired) electrons. The summed E-state index contributed by atoms with van der Waals surface area (Å²) < 4.78 is 5.03. The molecule has 0 aromatic heterocycles. The van der Waals surface area contributed by atoms with E-state index in [0.717, 1.165) is 44.7 Å². The van der Waals surface area contributed by atoms with Gasteiger partial charge in [0.2, 0.25) is 0 Å². The highest BCUT2D eigenvalue weighted by Gasteiger charge is 2.19. The molecule has 1 aliphatic heterocycles. The molecule has 0 aromatic rings. The minimum atomic E-state index is 0.780. The van der Waals surface area contributed by atoms with Crippen LogP contribution in [0.5, 0.6) is 0 Å². The van der Waals surface area contributed by atoms with Gasteiger partial charge in [-0.1, -0.05) is 13.3 Å². The molecule has 5 nitrogen and oxygen atoms in total. The van der Waals surface area contributed by atoms with Crippen LogP contribution in [-0.2, 0) is 4.74 Å². The third-order valence-corrected chi connectivity index (χ3v) is 3.95. The molecule has 1 rings (SSSR count). The van der Waals surface area contributed by atoms with Crippen LogP contribution in [0.1, 0.15) is 39.0 Å². The first-order chi connectivity index (χ1) is 9.81. The van der Waals surface area contributed by atoms with Crippen LogP contribution >= 0.6 is 0 Å². The second-order valence-electron chi connectivity index (χ2n) is 5.37. The summed E-state index contributed by atoms with van der Waals surface area (Å²) in [7, 11) is 3.55. The molecule has 1 saturated heterocycles. The van der Waals surface area contributed by atoms with E-state index in [4.69, 9.17) is 4.74 Å². The summed E-state index contributed by atoms with van der Waals surface area (Å²) in [4.78, 5) is 6.86. The van der Waals surface area contributed by atoms with Crippen molar-refractivity contribution >= 4 is 5.96 Å². The molecule has 0 spiro atoms. The number of guanidine groups is 1. The first-order valence-electron chi connectivity index (χ1n) is 7.99. The first-order valence-corrected chi connectivity index (χ1v) is 7.99. The van der Waals surface area contributed by atoms with Gasteiger partial charge in [0.05, 0.1) is 0 Å². The van der Waals surface area contributed by atoms with Gasteiger partial charge >= 0.3 is 0 Å². The molecule has 2 N–H and O–H groups in total. The summed E-state index contributed by atoms with van der Waals surface area (Å²) in [5.74, 6) is 0.895. The fraction of sp³-hybridized carbons (Fsp3) is 0.933. The third-order valence-electron chi connectivity index (χ3n) is 3.95. The SMILES string of the molecule is CCC1CCCCN1CCNC(=NC)NCCCOC. The smallest absolute Gasteiger partial charge is 0.191 e. The van der Waals surface area contributed by atoms with Gasteiger partial charge in [-0.05, 0) is 32.2 Å². The van der Waals surface area contributed by atoms with Crippen molar-refractivity contribution in [2.24, 2.45) is 4.99 Å². The fourth-order valence-electron chi connectivity index (χ4n) is 2.78. The Morgan fingerprint density at radius 2 is 2.10 bits per heavy atom. The second kappa shape index (κ2) is 10.9. The van der Waals surface area contributed by atoms with Gasteiger partial charge < -0.3 is 15.4 Å². The molecule has 118 valence electrons. The van der Waals surface area contributed by atoms with Crippen LogP contribution in [0.2, 0.25) is 0 Å². The monoisotopic (exact) mass is 284 g/mol. The number of nitrogens with one attached hydrogen (secondary N) is 2. The highest BCUT2D eigenvalue weighted by atomic mass is 16.5. The number of nitrogens with zero attached hydrogens (tertiary/aromatic N) is 2. The molecule has 1 atom stereocenters. The lowest BCUT2D eigenvalue weighted by molar-refractivity contribution is 0.147. The van der Waals surface area contributed by atoms with E-state index >= 15 is 0 Å². The maximum atomic E-state index is 5.03. The Balaban J connectivity index is 2.17. The molecule has 0 aliphatic carbocycles. The van der Waals surface area contributed by atoms with Crippen LogP contribution in [0, 0.1) is 0 Å². The van der Waals surface area contributed by atoms with Crippen LogP contribution in [0.15, 0.2) is 4.99 Å². The van der Waals surface area contributed by atoms with Crippen LogP contribution in [-0.4, -0.2) is 63.8 Å². The number of aliphatic imine (C=N–C) groups is 1. The van der Waals surface area contributed by atoms with Crippen LogP contribution in [0.25, 0.3) is 0 Å². The number of methoxy groups -OCH3 is 1.